The van der Waals surface area contributed by atoms with Crippen LogP contribution in [0.1, 0.15) is 57.7 Å². The van der Waals surface area contributed by atoms with Gasteiger partial charge in [0.1, 0.15) is 10.6 Å². The number of carbonyl (C=O) groups is 2. The molecule has 9 heteroatoms. The molecule has 1 aromatic carbocycles. The minimum atomic E-state index is -1.02. The Balaban J connectivity index is 1.35. The van der Waals surface area contributed by atoms with Crippen LogP contribution < -0.4 is 11.1 Å². The van der Waals surface area contributed by atoms with Crippen LogP contribution in [0.25, 0.3) is 10.2 Å². The summed E-state index contributed by atoms with van der Waals surface area (Å²) in [4.78, 5) is 36.7. The molecule has 0 aliphatic heterocycles. The van der Waals surface area contributed by atoms with E-state index in [4.69, 9.17) is 14.9 Å². The van der Waals surface area contributed by atoms with E-state index in [0.29, 0.717) is 17.2 Å². The number of ether oxygens (including phenoxy) is 1. The van der Waals surface area contributed by atoms with Gasteiger partial charge in [-0.3, -0.25) is 4.79 Å². The summed E-state index contributed by atoms with van der Waals surface area (Å²) in [6, 6.07) is 11.0. The number of esters is 1. The second kappa shape index (κ2) is 9.64. The van der Waals surface area contributed by atoms with Gasteiger partial charge in [0, 0.05) is 4.88 Å². The Kier molecular flexibility index (Phi) is 6.27. The molecule has 34 heavy (non-hydrogen) atoms. The van der Waals surface area contributed by atoms with Gasteiger partial charge in [0.15, 0.2) is 24.2 Å². The fourth-order valence-corrected chi connectivity index (χ4v) is 5.51. The third kappa shape index (κ3) is 4.51. The van der Waals surface area contributed by atoms with Crippen molar-refractivity contribution < 1.29 is 18.7 Å². The van der Waals surface area contributed by atoms with E-state index in [0.717, 1.165) is 29.5 Å². The number of nitrogens with two attached hydrogens (primary N) is 1. The smallest absolute Gasteiger partial charge is 0.333 e. The zero-order chi connectivity index (χ0) is 23.5. The minimum Gasteiger partial charge on any atom is -0.459 e. The molecule has 1 unspecified atom stereocenters. The predicted molar refractivity (Wildman–Crippen MR) is 128 cm³/mol. The topological polar surface area (TPSA) is 120 Å². The van der Waals surface area contributed by atoms with Gasteiger partial charge in [-0.25, -0.2) is 14.8 Å². The number of thiophene rings is 1. The van der Waals surface area contributed by atoms with Crippen LogP contribution in [0.2, 0.25) is 0 Å². The first-order valence-corrected chi connectivity index (χ1v) is 12.0. The largest absolute Gasteiger partial charge is 0.459 e. The number of fused-ring (bicyclic) bond motifs is 3. The average molecular weight is 477 g/mol. The number of rotatable bonds is 6. The first kappa shape index (κ1) is 22.1. The maximum Gasteiger partial charge on any atom is 0.333 e. The number of nitrogen functional groups attached to an aromatic ring is 1. The van der Waals surface area contributed by atoms with Crippen molar-refractivity contribution in [3.8, 4) is 0 Å². The first-order chi connectivity index (χ1) is 16.6. The molecule has 8 nitrogen and oxygen atoms in total. The molecule has 1 aliphatic carbocycles. The van der Waals surface area contributed by atoms with Crippen molar-refractivity contribution >= 4 is 39.2 Å². The van der Waals surface area contributed by atoms with Crippen LogP contribution in [0.15, 0.2) is 53.1 Å². The van der Waals surface area contributed by atoms with Gasteiger partial charge in [-0.2, -0.15) is 0 Å². The zero-order valence-electron chi connectivity index (χ0n) is 18.5. The lowest BCUT2D eigenvalue weighted by Gasteiger charge is -2.17. The van der Waals surface area contributed by atoms with Gasteiger partial charge in [-0.1, -0.05) is 36.8 Å². The lowest BCUT2D eigenvalue weighted by atomic mass is 10.1. The number of nitrogens with one attached hydrogen (secondary N) is 1. The summed E-state index contributed by atoms with van der Waals surface area (Å²) < 4.78 is 10.7. The number of aryl methyl sites for hydroxylation is 2. The summed E-state index contributed by atoms with van der Waals surface area (Å²) in [5.41, 5.74) is 8.16. The third-order valence-electron chi connectivity index (χ3n) is 5.87. The molecule has 5 rings (SSSR count). The maximum absolute atomic E-state index is 13.0. The van der Waals surface area contributed by atoms with Gasteiger partial charge in [-0.05, 0) is 48.9 Å². The van der Waals surface area contributed by atoms with Crippen LogP contribution in [-0.2, 0) is 29.0 Å². The van der Waals surface area contributed by atoms with Crippen LogP contribution in [0, 0.1) is 0 Å². The average Bonchev–Trinajstić information content (AvgIpc) is 3.45. The molecular formula is C25H24N4O4S. The molecule has 0 fully saturated rings. The Labute approximate surface area is 200 Å². The van der Waals surface area contributed by atoms with Gasteiger partial charge in [0.25, 0.3) is 5.91 Å². The van der Waals surface area contributed by atoms with Crippen molar-refractivity contribution in [3.63, 3.8) is 0 Å². The standard InChI is InChI=1S/C25H24N4O4S/c26-22-20-16-10-5-2-6-12-18(16)34-24(20)28-19(27-22)14-33-25(31)21(15-8-3-1-4-9-15)29-23(30)17-11-7-13-32-17/h1,3-4,7-9,11,13,21H,2,5-6,10,12,14H2,(H,29,30)(H2,26,27,28). The van der Waals surface area contributed by atoms with Gasteiger partial charge in [-0.15, -0.1) is 11.3 Å². The van der Waals surface area contributed by atoms with Crippen molar-refractivity contribution in [3.05, 3.63) is 76.3 Å². The minimum absolute atomic E-state index is 0.104. The number of hydrogen-bond acceptors (Lipinski definition) is 8. The number of aromatic nitrogens is 2. The van der Waals surface area contributed by atoms with Gasteiger partial charge < -0.3 is 20.2 Å². The molecule has 4 aromatic rings. The van der Waals surface area contributed by atoms with E-state index in [1.807, 2.05) is 6.07 Å². The first-order valence-electron chi connectivity index (χ1n) is 11.2. The SMILES string of the molecule is Nc1nc(COC(=O)C(NC(=O)c2ccco2)c2ccccc2)nc2sc3c(c12)CCCCC3. The zero-order valence-corrected chi connectivity index (χ0v) is 19.3. The molecule has 3 aromatic heterocycles. The van der Waals surface area contributed by atoms with Crippen molar-refractivity contribution in [1.29, 1.82) is 0 Å². The monoisotopic (exact) mass is 476 g/mol. The van der Waals surface area contributed by atoms with E-state index >= 15 is 0 Å². The molecule has 0 radical (unpaired) electrons. The van der Waals surface area contributed by atoms with E-state index in [-0.39, 0.29) is 12.4 Å². The molecule has 0 spiro atoms. The van der Waals surface area contributed by atoms with Crippen LogP contribution in [0.5, 0.6) is 0 Å². The normalized spacial score (nSPS) is 14.2. The fraction of sp³-hybridized carbons (Fsp3) is 0.280. The highest BCUT2D eigenvalue weighted by atomic mass is 32.1. The predicted octanol–water partition coefficient (Wildman–Crippen LogP) is 4.35. The Morgan fingerprint density at radius 2 is 1.91 bits per heavy atom. The molecule has 0 saturated carbocycles. The quantitative estimate of drug-likeness (QED) is 0.313. The van der Waals surface area contributed by atoms with Gasteiger partial charge in [0.05, 0.1) is 11.6 Å². The van der Waals surface area contributed by atoms with Crippen molar-refractivity contribution in [1.82, 2.24) is 15.3 Å². The molecule has 0 saturated heterocycles. The second-order valence-electron chi connectivity index (χ2n) is 8.17. The van der Waals surface area contributed by atoms with Crippen molar-refractivity contribution in [2.24, 2.45) is 0 Å². The highest BCUT2D eigenvalue weighted by Gasteiger charge is 2.26. The van der Waals surface area contributed by atoms with E-state index in [1.165, 1.54) is 35.6 Å². The van der Waals surface area contributed by atoms with E-state index < -0.39 is 17.9 Å². The van der Waals surface area contributed by atoms with Gasteiger partial charge in [0.2, 0.25) is 0 Å². The molecule has 1 atom stereocenters. The number of benzene rings is 1. The lowest BCUT2D eigenvalue weighted by Crippen LogP contribution is -2.34. The summed E-state index contributed by atoms with van der Waals surface area (Å²) >= 11 is 1.65. The van der Waals surface area contributed by atoms with E-state index in [1.54, 1.807) is 41.7 Å². The number of carbonyl (C=O) groups excluding carboxylic acids is 2. The molecule has 1 aliphatic rings. The van der Waals surface area contributed by atoms with Crippen LogP contribution in [-0.4, -0.2) is 21.8 Å². The Morgan fingerprint density at radius 1 is 1.09 bits per heavy atom. The third-order valence-corrected chi connectivity index (χ3v) is 7.06. The van der Waals surface area contributed by atoms with Crippen LogP contribution in [0.4, 0.5) is 5.82 Å². The fourth-order valence-electron chi connectivity index (χ4n) is 4.23. The van der Waals surface area contributed by atoms with E-state index in [2.05, 4.69) is 15.3 Å². The summed E-state index contributed by atoms with van der Waals surface area (Å²) in [7, 11) is 0. The maximum atomic E-state index is 13.0. The second-order valence-corrected chi connectivity index (χ2v) is 9.26. The summed E-state index contributed by atoms with van der Waals surface area (Å²) in [5, 5.41) is 3.62. The van der Waals surface area contributed by atoms with Crippen molar-refractivity contribution in [2.45, 2.75) is 44.8 Å². The van der Waals surface area contributed by atoms with Crippen LogP contribution >= 0.6 is 11.3 Å². The van der Waals surface area contributed by atoms with E-state index in [9.17, 15) is 9.59 Å². The molecule has 174 valence electrons. The lowest BCUT2D eigenvalue weighted by molar-refractivity contribution is -0.147. The van der Waals surface area contributed by atoms with Crippen LogP contribution in [0.3, 0.4) is 0 Å². The molecule has 3 heterocycles. The molecular weight excluding hydrogens is 452 g/mol. The molecule has 1 amide bonds. The molecule has 0 bridgehead atoms. The Morgan fingerprint density at radius 3 is 2.71 bits per heavy atom. The molecule has 3 N–H and O–H groups in total. The summed E-state index contributed by atoms with van der Waals surface area (Å²) in [5.74, 6) is -0.291. The van der Waals surface area contributed by atoms with Crippen molar-refractivity contribution in [2.75, 3.05) is 5.73 Å². The number of nitrogens with zero attached hydrogens (tertiary/aromatic N) is 2. The number of anilines is 1. The highest BCUT2D eigenvalue weighted by Crippen LogP contribution is 2.37. The number of hydrogen-bond donors (Lipinski definition) is 2. The highest BCUT2D eigenvalue weighted by molar-refractivity contribution is 7.19. The Hall–Kier alpha value is -3.72. The number of amides is 1. The summed E-state index contributed by atoms with van der Waals surface area (Å²) in [6.07, 6.45) is 6.95. The summed E-state index contributed by atoms with van der Waals surface area (Å²) in [6.45, 7) is -0.151. The van der Waals surface area contributed by atoms with Gasteiger partial charge >= 0.3 is 5.97 Å². The number of furan rings is 1. The Bertz CT molecular complexity index is 1320.